The van der Waals surface area contributed by atoms with Crippen LogP contribution in [0.2, 0.25) is 5.02 Å². The third-order valence-electron chi connectivity index (χ3n) is 1.60. The summed E-state index contributed by atoms with van der Waals surface area (Å²) in [5.74, 6) is 0.192. The first-order chi connectivity index (χ1) is 5.27. The quantitative estimate of drug-likeness (QED) is 0.622. The molecule has 0 aliphatic rings. The monoisotopic (exact) mass is 167 g/mol. The van der Waals surface area contributed by atoms with Crippen molar-refractivity contribution < 1.29 is 5.11 Å². The fourth-order valence-electron chi connectivity index (χ4n) is 1.12. The van der Waals surface area contributed by atoms with Gasteiger partial charge in [-0.25, -0.2) is 0 Å². The molecule has 1 aromatic heterocycles. The Kier molecular flexibility index (Phi) is 1.29. The summed E-state index contributed by atoms with van der Waals surface area (Å²) in [6.45, 7) is 0. The van der Waals surface area contributed by atoms with Crippen LogP contribution in [0.3, 0.4) is 0 Å². The number of hydrogen-bond acceptors (Lipinski definition) is 1. The molecule has 0 atom stereocenters. The van der Waals surface area contributed by atoms with E-state index in [0.717, 1.165) is 10.9 Å². The molecule has 11 heavy (non-hydrogen) atoms. The summed E-state index contributed by atoms with van der Waals surface area (Å²) in [5, 5.41) is 10.8. The minimum Gasteiger partial charge on any atom is -0.506 e. The summed E-state index contributed by atoms with van der Waals surface area (Å²) in [5.41, 5.74) is 0.731. The van der Waals surface area contributed by atoms with E-state index in [0.29, 0.717) is 5.02 Å². The van der Waals surface area contributed by atoms with E-state index in [1.54, 1.807) is 12.3 Å². The fourth-order valence-corrected chi connectivity index (χ4v) is 1.34. The van der Waals surface area contributed by atoms with E-state index in [-0.39, 0.29) is 5.75 Å². The van der Waals surface area contributed by atoms with Crippen LogP contribution < -0.4 is 0 Å². The van der Waals surface area contributed by atoms with Gasteiger partial charge in [0.05, 0.1) is 5.52 Å². The number of fused-ring (bicyclic) bond motifs is 1. The number of aromatic nitrogens is 1. The maximum Gasteiger partial charge on any atom is 0.141 e. The summed E-state index contributed by atoms with van der Waals surface area (Å²) < 4.78 is 0. The zero-order chi connectivity index (χ0) is 7.84. The number of aromatic hydroxyl groups is 1. The predicted molar refractivity (Wildman–Crippen MR) is 45.0 cm³/mol. The molecular weight excluding hydrogens is 162 g/mol. The van der Waals surface area contributed by atoms with Crippen molar-refractivity contribution in [3.63, 3.8) is 0 Å². The van der Waals surface area contributed by atoms with Crippen molar-refractivity contribution in [2.24, 2.45) is 0 Å². The van der Waals surface area contributed by atoms with Crippen LogP contribution >= 0.6 is 11.6 Å². The van der Waals surface area contributed by atoms with Gasteiger partial charge in [0.25, 0.3) is 0 Å². The summed E-state index contributed by atoms with van der Waals surface area (Å²) in [4.78, 5) is 2.91. The van der Waals surface area contributed by atoms with E-state index >= 15 is 0 Å². The number of H-pyrrole nitrogens is 1. The summed E-state index contributed by atoms with van der Waals surface area (Å²) in [7, 11) is 0. The van der Waals surface area contributed by atoms with E-state index in [1.807, 2.05) is 6.07 Å². The van der Waals surface area contributed by atoms with Crippen LogP contribution in [-0.4, -0.2) is 10.1 Å². The minimum atomic E-state index is 0.192. The first-order valence-electron chi connectivity index (χ1n) is 3.23. The van der Waals surface area contributed by atoms with Crippen LogP contribution in [0.4, 0.5) is 0 Å². The Hall–Kier alpha value is -1.15. The van der Waals surface area contributed by atoms with Gasteiger partial charge in [-0.15, -0.1) is 0 Å². The second-order valence-corrected chi connectivity index (χ2v) is 2.80. The van der Waals surface area contributed by atoms with Crippen LogP contribution in [0.1, 0.15) is 0 Å². The molecule has 2 N–H and O–H groups in total. The second-order valence-electron chi connectivity index (χ2n) is 2.37. The molecule has 2 rings (SSSR count). The molecule has 0 saturated carbocycles. The number of phenolic OH excluding ortho intramolecular Hbond substituents is 1. The van der Waals surface area contributed by atoms with Crippen molar-refractivity contribution in [1.82, 2.24) is 4.98 Å². The lowest BCUT2D eigenvalue weighted by Gasteiger charge is -1.95. The van der Waals surface area contributed by atoms with Gasteiger partial charge >= 0.3 is 0 Å². The minimum absolute atomic E-state index is 0.192. The first kappa shape index (κ1) is 6.55. The van der Waals surface area contributed by atoms with Crippen molar-refractivity contribution in [2.75, 3.05) is 0 Å². The van der Waals surface area contributed by atoms with Crippen molar-refractivity contribution in [1.29, 1.82) is 0 Å². The van der Waals surface area contributed by atoms with Gasteiger partial charge in [-0.3, -0.25) is 0 Å². The molecule has 0 unspecified atom stereocenters. The number of phenols is 1. The highest BCUT2D eigenvalue weighted by Gasteiger charge is 2.00. The number of aromatic amines is 1. The maximum atomic E-state index is 9.33. The van der Waals surface area contributed by atoms with Crippen LogP contribution in [0.5, 0.6) is 5.75 Å². The number of nitrogens with one attached hydrogen (secondary N) is 1. The van der Waals surface area contributed by atoms with E-state index in [9.17, 15) is 5.11 Å². The molecule has 0 spiro atoms. The van der Waals surface area contributed by atoms with Gasteiger partial charge in [0, 0.05) is 22.7 Å². The third-order valence-corrected chi connectivity index (χ3v) is 1.82. The van der Waals surface area contributed by atoms with Crippen LogP contribution in [0.15, 0.2) is 24.4 Å². The van der Waals surface area contributed by atoms with E-state index in [1.165, 1.54) is 6.07 Å². The Morgan fingerprint density at radius 3 is 3.00 bits per heavy atom. The highest BCUT2D eigenvalue weighted by Crippen LogP contribution is 2.27. The lowest BCUT2D eigenvalue weighted by atomic mass is 10.2. The fraction of sp³-hybridized carbons (Fsp3) is 0. The highest BCUT2D eigenvalue weighted by molar-refractivity contribution is 6.31. The third kappa shape index (κ3) is 0.955. The predicted octanol–water partition coefficient (Wildman–Crippen LogP) is 2.53. The molecule has 0 saturated heterocycles. The molecule has 0 amide bonds. The largest absolute Gasteiger partial charge is 0.506 e. The van der Waals surface area contributed by atoms with Crippen LogP contribution in [-0.2, 0) is 0 Å². The second kappa shape index (κ2) is 2.17. The zero-order valence-electron chi connectivity index (χ0n) is 5.63. The summed E-state index contributed by atoms with van der Waals surface area (Å²) in [6.07, 6.45) is 1.76. The number of halogens is 1. The van der Waals surface area contributed by atoms with Gasteiger partial charge in [0.2, 0.25) is 0 Å². The topological polar surface area (TPSA) is 36.0 Å². The van der Waals surface area contributed by atoms with Crippen molar-refractivity contribution >= 4 is 22.5 Å². The lowest BCUT2D eigenvalue weighted by Crippen LogP contribution is -1.70. The average molecular weight is 168 g/mol. The Morgan fingerprint density at radius 1 is 1.36 bits per heavy atom. The molecular formula is C8H6ClNO. The molecule has 0 aliphatic heterocycles. The molecule has 2 aromatic rings. The van der Waals surface area contributed by atoms with Crippen molar-refractivity contribution in [3.8, 4) is 5.75 Å². The normalized spacial score (nSPS) is 10.6. The van der Waals surface area contributed by atoms with E-state index in [2.05, 4.69) is 4.98 Å². The molecule has 0 fully saturated rings. The Labute approximate surface area is 68.4 Å². The maximum absolute atomic E-state index is 9.33. The van der Waals surface area contributed by atoms with Crippen molar-refractivity contribution in [2.45, 2.75) is 0 Å². The Morgan fingerprint density at radius 2 is 2.18 bits per heavy atom. The molecule has 0 aliphatic carbocycles. The summed E-state index contributed by atoms with van der Waals surface area (Å²) in [6, 6.07) is 5.18. The van der Waals surface area contributed by atoms with Gasteiger partial charge in [-0.1, -0.05) is 11.6 Å². The van der Waals surface area contributed by atoms with Gasteiger partial charge in [0.15, 0.2) is 0 Å². The van der Waals surface area contributed by atoms with E-state index in [4.69, 9.17) is 11.6 Å². The van der Waals surface area contributed by atoms with Gasteiger partial charge in [-0.2, -0.15) is 0 Å². The molecule has 1 aromatic carbocycles. The molecule has 2 nitrogen and oxygen atoms in total. The molecule has 0 bridgehead atoms. The van der Waals surface area contributed by atoms with Crippen LogP contribution in [0.25, 0.3) is 10.9 Å². The first-order valence-corrected chi connectivity index (χ1v) is 3.61. The standard InChI is InChI=1S/C8H6ClNO/c9-6-3-5-1-2-10-8(5)7(11)4-6/h1-4,10-11H. The van der Waals surface area contributed by atoms with Gasteiger partial charge in [-0.05, 0) is 12.1 Å². The van der Waals surface area contributed by atoms with Crippen LogP contribution in [0, 0.1) is 0 Å². The number of hydrogen-bond donors (Lipinski definition) is 2. The Bertz CT molecular complexity index is 394. The molecule has 0 radical (unpaired) electrons. The smallest absolute Gasteiger partial charge is 0.141 e. The lowest BCUT2D eigenvalue weighted by molar-refractivity contribution is 0.480. The Balaban J connectivity index is 2.91. The number of benzene rings is 1. The van der Waals surface area contributed by atoms with Gasteiger partial charge < -0.3 is 10.1 Å². The van der Waals surface area contributed by atoms with E-state index < -0.39 is 0 Å². The number of rotatable bonds is 0. The molecule has 56 valence electrons. The van der Waals surface area contributed by atoms with Crippen molar-refractivity contribution in [3.05, 3.63) is 29.4 Å². The SMILES string of the molecule is Oc1cc(Cl)cc2cc[nH]c12. The summed E-state index contributed by atoms with van der Waals surface area (Å²) >= 11 is 5.71. The zero-order valence-corrected chi connectivity index (χ0v) is 6.39. The van der Waals surface area contributed by atoms with Gasteiger partial charge in [0.1, 0.15) is 5.75 Å². The average Bonchev–Trinajstić information content (AvgIpc) is 2.34. The molecule has 1 heterocycles. The molecule has 3 heteroatoms. The highest BCUT2D eigenvalue weighted by atomic mass is 35.5.